The van der Waals surface area contributed by atoms with E-state index in [1.54, 1.807) is 24.3 Å². The average Bonchev–Trinajstić information content (AvgIpc) is 3.25. The first-order valence-electron chi connectivity index (χ1n) is 10.6. The van der Waals surface area contributed by atoms with E-state index in [0.29, 0.717) is 11.3 Å². The zero-order chi connectivity index (χ0) is 21.5. The van der Waals surface area contributed by atoms with Gasteiger partial charge in [0.05, 0.1) is 22.0 Å². The molecule has 1 aliphatic heterocycles. The molecule has 0 saturated carbocycles. The summed E-state index contributed by atoms with van der Waals surface area (Å²) in [6, 6.07) is 28.9. The highest BCUT2D eigenvalue weighted by molar-refractivity contribution is 7.91. The monoisotopic (exact) mass is 429 g/mol. The molecule has 0 unspecified atom stereocenters. The minimum absolute atomic E-state index is 0.170. The number of sulfone groups is 1. The van der Waals surface area contributed by atoms with E-state index in [1.165, 1.54) is 0 Å². The summed E-state index contributed by atoms with van der Waals surface area (Å²) in [5.74, 6) is 0.979. The number of hydrogen-bond donors (Lipinski definition) is 0. The molecule has 4 nitrogen and oxygen atoms in total. The largest absolute Gasteiger partial charge is 0.231 e. The van der Waals surface area contributed by atoms with Crippen molar-refractivity contribution in [2.45, 2.75) is 30.6 Å². The first-order valence-corrected chi connectivity index (χ1v) is 12.2. The highest BCUT2D eigenvalue weighted by Crippen LogP contribution is 2.31. The highest BCUT2D eigenvalue weighted by Gasteiger charge is 2.21. The van der Waals surface area contributed by atoms with Gasteiger partial charge in [-0.05, 0) is 25.0 Å². The predicted molar refractivity (Wildman–Crippen MR) is 126 cm³/mol. The molecule has 4 rings (SSSR count). The Labute approximate surface area is 184 Å². The third kappa shape index (κ3) is 5.30. The summed E-state index contributed by atoms with van der Waals surface area (Å²) in [6.45, 7) is 0. The van der Waals surface area contributed by atoms with Crippen LogP contribution < -0.4 is 5.32 Å². The number of nitrogens with zero attached hydrogens (tertiary/aromatic N) is 2. The minimum Gasteiger partial charge on any atom is -0.231 e. The Morgan fingerprint density at radius 2 is 1.16 bits per heavy atom. The summed E-state index contributed by atoms with van der Waals surface area (Å²) < 4.78 is 24.8. The zero-order valence-corrected chi connectivity index (χ0v) is 18.1. The van der Waals surface area contributed by atoms with Crippen molar-refractivity contribution in [2.75, 3.05) is 5.75 Å². The molecule has 0 amide bonds. The van der Waals surface area contributed by atoms with Crippen LogP contribution in [0.3, 0.4) is 0 Å². The van der Waals surface area contributed by atoms with Gasteiger partial charge >= 0.3 is 0 Å². The smallest absolute Gasteiger partial charge is 0.178 e. The first kappa shape index (κ1) is 21.1. The van der Waals surface area contributed by atoms with Gasteiger partial charge in [-0.3, -0.25) is 0 Å². The molecule has 1 heterocycles. The standard InChI is InChI=1S/C26H25N2O2S/c29-31(30,23-17-9-3-10-18-23)20-12-4-11-19-24-27-25(21-13-5-1-6-14-21)26(28-24)22-15-7-2-8-16-22/h1-3,5-10,13-18H,4,11-12,19-20H2. The van der Waals surface area contributed by atoms with E-state index in [9.17, 15) is 8.42 Å². The van der Waals surface area contributed by atoms with Crippen molar-refractivity contribution in [1.29, 1.82) is 0 Å². The van der Waals surface area contributed by atoms with E-state index < -0.39 is 9.84 Å². The Balaban J connectivity index is 1.36. The summed E-state index contributed by atoms with van der Waals surface area (Å²) >= 11 is 0. The Morgan fingerprint density at radius 1 is 0.613 bits per heavy atom. The summed E-state index contributed by atoms with van der Waals surface area (Å²) in [6.07, 6.45) is 3.05. The molecule has 0 N–H and O–H groups in total. The Morgan fingerprint density at radius 3 is 1.77 bits per heavy atom. The second-order valence-electron chi connectivity index (χ2n) is 7.51. The van der Waals surface area contributed by atoms with Gasteiger partial charge in [-0.2, -0.15) is 0 Å². The van der Waals surface area contributed by atoms with Crippen molar-refractivity contribution in [3.63, 3.8) is 0 Å². The molecule has 31 heavy (non-hydrogen) atoms. The molecule has 0 fully saturated rings. The van der Waals surface area contributed by atoms with E-state index in [2.05, 4.69) is 24.3 Å². The third-order valence-electron chi connectivity index (χ3n) is 5.22. The summed E-state index contributed by atoms with van der Waals surface area (Å²) in [5, 5.41) is 4.82. The van der Waals surface area contributed by atoms with Crippen LogP contribution in [0.4, 0.5) is 0 Å². The molecule has 0 aromatic heterocycles. The van der Waals surface area contributed by atoms with Crippen LogP contribution in [0, 0.1) is 0 Å². The van der Waals surface area contributed by atoms with Gasteiger partial charge in [-0.15, -0.1) is 0 Å². The third-order valence-corrected chi connectivity index (χ3v) is 7.03. The van der Waals surface area contributed by atoms with Crippen molar-refractivity contribution in [2.24, 2.45) is 4.99 Å². The van der Waals surface area contributed by atoms with E-state index in [-0.39, 0.29) is 5.75 Å². The normalized spacial score (nSPS) is 13.7. The van der Waals surface area contributed by atoms with Crippen LogP contribution in [0.1, 0.15) is 36.8 Å². The summed E-state index contributed by atoms with van der Waals surface area (Å²) in [5.41, 5.74) is 3.89. The van der Waals surface area contributed by atoms with Gasteiger partial charge in [0.1, 0.15) is 5.84 Å². The van der Waals surface area contributed by atoms with Crippen molar-refractivity contribution in [1.82, 2.24) is 5.32 Å². The SMILES string of the molecule is O=S(=O)(CCCCCC1=NC(c2ccccc2)=C(c2ccccc2)[N]1)c1ccccc1. The van der Waals surface area contributed by atoms with Crippen LogP contribution in [-0.4, -0.2) is 20.0 Å². The van der Waals surface area contributed by atoms with Crippen molar-refractivity contribution >= 4 is 27.1 Å². The van der Waals surface area contributed by atoms with E-state index in [0.717, 1.165) is 47.6 Å². The summed E-state index contributed by atoms with van der Waals surface area (Å²) in [7, 11) is -3.21. The molecule has 0 saturated heterocycles. The number of aliphatic imine (C=N–C) groups is 1. The Bertz CT molecular complexity index is 1170. The van der Waals surface area contributed by atoms with Crippen LogP contribution in [0.2, 0.25) is 0 Å². The van der Waals surface area contributed by atoms with Gasteiger partial charge in [0, 0.05) is 17.5 Å². The van der Waals surface area contributed by atoms with Crippen molar-refractivity contribution in [3.8, 4) is 0 Å². The highest BCUT2D eigenvalue weighted by atomic mass is 32.2. The minimum atomic E-state index is -3.21. The van der Waals surface area contributed by atoms with Gasteiger partial charge in [-0.25, -0.2) is 18.7 Å². The van der Waals surface area contributed by atoms with Gasteiger partial charge < -0.3 is 0 Å². The second kappa shape index (κ2) is 9.75. The van der Waals surface area contributed by atoms with Crippen LogP contribution in [0.15, 0.2) is 101 Å². The molecular formula is C26H25N2O2S. The molecule has 0 bridgehead atoms. The molecule has 0 atom stereocenters. The molecule has 5 heteroatoms. The molecule has 1 aliphatic rings. The number of hydrogen-bond acceptors (Lipinski definition) is 3. The molecule has 0 aliphatic carbocycles. The predicted octanol–water partition coefficient (Wildman–Crippen LogP) is 5.56. The number of amidine groups is 1. The lowest BCUT2D eigenvalue weighted by atomic mass is 10.1. The van der Waals surface area contributed by atoms with Crippen LogP contribution in [0.5, 0.6) is 0 Å². The van der Waals surface area contributed by atoms with Gasteiger partial charge in [0.2, 0.25) is 0 Å². The lowest BCUT2D eigenvalue weighted by Gasteiger charge is -2.06. The zero-order valence-electron chi connectivity index (χ0n) is 17.3. The fraction of sp³-hybridized carbons (Fsp3) is 0.192. The van der Waals surface area contributed by atoms with E-state index in [4.69, 9.17) is 10.3 Å². The maximum Gasteiger partial charge on any atom is 0.178 e. The van der Waals surface area contributed by atoms with E-state index in [1.807, 2.05) is 42.5 Å². The van der Waals surface area contributed by atoms with Crippen LogP contribution in [-0.2, 0) is 9.84 Å². The van der Waals surface area contributed by atoms with Crippen LogP contribution >= 0.6 is 0 Å². The maximum absolute atomic E-state index is 12.4. The van der Waals surface area contributed by atoms with Crippen LogP contribution in [0.25, 0.3) is 11.4 Å². The van der Waals surface area contributed by atoms with Crippen molar-refractivity contribution in [3.05, 3.63) is 102 Å². The topological polar surface area (TPSA) is 60.6 Å². The Kier molecular flexibility index (Phi) is 6.63. The Hall–Kier alpha value is -3.18. The second-order valence-corrected chi connectivity index (χ2v) is 9.62. The maximum atomic E-state index is 12.4. The lowest BCUT2D eigenvalue weighted by molar-refractivity contribution is 0.590. The number of rotatable bonds is 9. The molecule has 1 radical (unpaired) electrons. The summed E-state index contributed by atoms with van der Waals surface area (Å²) in [4.78, 5) is 5.22. The molecule has 157 valence electrons. The molecule has 0 spiro atoms. The van der Waals surface area contributed by atoms with Gasteiger partial charge in [0.25, 0.3) is 0 Å². The van der Waals surface area contributed by atoms with E-state index >= 15 is 0 Å². The molecule has 3 aromatic rings. The molecular weight excluding hydrogens is 404 g/mol. The van der Waals surface area contributed by atoms with Gasteiger partial charge in [0.15, 0.2) is 9.84 Å². The average molecular weight is 430 g/mol. The number of benzene rings is 3. The first-order chi connectivity index (χ1) is 15.1. The lowest BCUT2D eigenvalue weighted by Crippen LogP contribution is -2.10. The van der Waals surface area contributed by atoms with Gasteiger partial charge in [-0.1, -0.05) is 85.3 Å². The fourth-order valence-electron chi connectivity index (χ4n) is 3.59. The van der Waals surface area contributed by atoms with Crippen molar-refractivity contribution < 1.29 is 8.42 Å². The molecule has 3 aromatic carbocycles. The number of unbranched alkanes of at least 4 members (excludes halogenated alkanes) is 2. The quantitative estimate of drug-likeness (QED) is 0.418. The fourth-order valence-corrected chi connectivity index (χ4v) is 4.98.